The second-order valence-corrected chi connectivity index (χ2v) is 2.62. The van der Waals surface area contributed by atoms with Crippen LogP contribution in [0.15, 0.2) is 0 Å². The van der Waals surface area contributed by atoms with Crippen molar-refractivity contribution < 1.29 is 19.3 Å². The minimum Gasteiger partial charge on any atom is -0.393 e. The Morgan fingerprint density at radius 3 is 2.11 bits per heavy atom. The van der Waals surface area contributed by atoms with E-state index in [1.807, 2.05) is 0 Å². The van der Waals surface area contributed by atoms with Crippen LogP contribution < -0.4 is 0 Å². The average Bonchev–Trinajstić information content (AvgIpc) is 1.82. The zero-order valence-electron chi connectivity index (χ0n) is 5.15. The number of hydrogen-bond acceptors (Lipinski definition) is 4. The largest absolute Gasteiger partial charge is 0.505 e. The molecule has 0 aliphatic heterocycles. The van der Waals surface area contributed by atoms with Gasteiger partial charge in [-0.25, -0.2) is 0 Å². The van der Waals surface area contributed by atoms with E-state index in [9.17, 15) is 4.57 Å². The van der Waals surface area contributed by atoms with E-state index in [0.717, 1.165) is 0 Å². The van der Waals surface area contributed by atoms with Crippen LogP contribution in [0, 0.1) is 0 Å². The van der Waals surface area contributed by atoms with Gasteiger partial charge in [-0.15, -0.1) is 4.52 Å². The second-order valence-electron chi connectivity index (χ2n) is 1.53. The smallest absolute Gasteiger partial charge is 0.393 e. The van der Waals surface area contributed by atoms with Gasteiger partial charge in [-0.3, -0.25) is 0 Å². The Morgan fingerprint density at radius 2 is 2.00 bits per heavy atom. The van der Waals surface area contributed by atoms with E-state index in [4.69, 9.17) is 10.2 Å². The molecule has 0 aromatic heterocycles. The van der Waals surface area contributed by atoms with Gasteiger partial charge in [0, 0.05) is 0 Å². The summed E-state index contributed by atoms with van der Waals surface area (Å²) in [6.07, 6.45) is -0.696. The van der Waals surface area contributed by atoms with Gasteiger partial charge in [0.05, 0.1) is 13.2 Å². The first-order valence-electron chi connectivity index (χ1n) is 2.50. The molecule has 0 aliphatic carbocycles. The lowest BCUT2D eigenvalue weighted by Gasteiger charge is -1.99. The second kappa shape index (κ2) is 4.82. The Kier molecular flexibility index (Phi) is 4.81. The maximum atomic E-state index is 10.3. The predicted molar refractivity (Wildman–Crippen MR) is 32.6 cm³/mol. The summed E-state index contributed by atoms with van der Waals surface area (Å²) in [5, 5.41) is 16.7. The maximum absolute atomic E-state index is 10.3. The van der Waals surface area contributed by atoms with Crippen molar-refractivity contribution in [3.05, 3.63) is 0 Å². The summed E-state index contributed by atoms with van der Waals surface area (Å²) < 4.78 is 14.8. The monoisotopic (exact) mass is 153 g/mol. The van der Waals surface area contributed by atoms with Gasteiger partial charge in [-0.1, -0.05) is 0 Å². The van der Waals surface area contributed by atoms with Crippen molar-refractivity contribution in [2.45, 2.75) is 6.10 Å². The maximum Gasteiger partial charge on any atom is 0.505 e. The van der Waals surface area contributed by atoms with Gasteiger partial charge >= 0.3 is 8.03 Å². The third-order valence-corrected chi connectivity index (χ3v) is 1.30. The van der Waals surface area contributed by atoms with Crippen LogP contribution >= 0.6 is 8.03 Å². The molecule has 1 unspecified atom stereocenters. The van der Waals surface area contributed by atoms with E-state index < -0.39 is 14.1 Å². The molecule has 2 N–H and O–H groups in total. The van der Waals surface area contributed by atoms with Gasteiger partial charge < -0.3 is 10.2 Å². The van der Waals surface area contributed by atoms with Crippen LogP contribution in [0.1, 0.15) is 0 Å². The molecule has 0 amide bonds. The highest BCUT2D eigenvalue weighted by Crippen LogP contribution is 2.17. The van der Waals surface area contributed by atoms with Crippen LogP contribution in [-0.2, 0) is 9.09 Å². The Labute approximate surface area is 54.3 Å². The van der Waals surface area contributed by atoms with Gasteiger partial charge in [0.2, 0.25) is 0 Å². The van der Waals surface area contributed by atoms with Crippen LogP contribution in [-0.4, -0.2) is 36.2 Å². The summed E-state index contributed by atoms with van der Waals surface area (Å²) >= 11 is 0. The zero-order chi connectivity index (χ0) is 7.28. The summed E-state index contributed by atoms with van der Waals surface area (Å²) in [7, 11) is -1.72. The van der Waals surface area contributed by atoms with Crippen molar-refractivity contribution >= 4 is 8.03 Å². The molecule has 0 saturated carbocycles. The lowest BCUT2D eigenvalue weighted by atomic mass is 10.4. The van der Waals surface area contributed by atoms with Crippen LogP contribution in [0.2, 0.25) is 0 Å². The molecule has 0 aromatic carbocycles. The summed E-state index contributed by atoms with van der Waals surface area (Å²) in [4.78, 5) is 0. The predicted octanol–water partition coefficient (Wildman–Crippen LogP) is -0.272. The van der Waals surface area contributed by atoms with Crippen LogP contribution in [0.5, 0.6) is 0 Å². The molecular weight excluding hydrogens is 143 g/mol. The fourth-order valence-corrected chi connectivity index (χ4v) is 0.888. The minimum absolute atomic E-state index is 0.300. The van der Waals surface area contributed by atoms with E-state index in [1.165, 1.54) is 6.66 Å². The normalized spacial score (nSPS) is 12.2. The van der Waals surface area contributed by atoms with E-state index in [1.54, 1.807) is 0 Å². The quantitative estimate of drug-likeness (QED) is 0.545. The first-order valence-corrected chi connectivity index (χ1v) is 4.12. The van der Waals surface area contributed by atoms with E-state index in [-0.39, 0.29) is 13.2 Å². The molecule has 0 bridgehead atoms. The molecule has 0 fully saturated rings. The first kappa shape index (κ1) is 8.98. The molecule has 0 heterocycles. The Hall–Kier alpha value is -0.0200. The highest BCUT2D eigenvalue weighted by molar-refractivity contribution is 7.38. The molecule has 0 rings (SSSR count). The average molecular weight is 153 g/mol. The molecule has 0 saturated heterocycles. The highest BCUT2D eigenvalue weighted by atomic mass is 31.1. The van der Waals surface area contributed by atoms with Crippen molar-refractivity contribution in [3.8, 4) is 0 Å². The summed E-state index contributed by atoms with van der Waals surface area (Å²) in [5.74, 6) is 0. The fourth-order valence-electron chi connectivity index (χ4n) is 0.334. The fraction of sp³-hybridized carbons (Fsp3) is 1.00. The summed E-state index contributed by atoms with van der Waals surface area (Å²) in [6, 6.07) is 0. The molecule has 54 valence electrons. The molecule has 0 radical (unpaired) electrons. The van der Waals surface area contributed by atoms with Crippen molar-refractivity contribution in [3.63, 3.8) is 0 Å². The summed E-state index contributed by atoms with van der Waals surface area (Å²) in [5.41, 5.74) is 0. The lowest BCUT2D eigenvalue weighted by Crippen LogP contribution is -2.18. The molecular formula is C4H10O4P+. The molecule has 0 aromatic rings. The first-order chi connectivity index (χ1) is 4.20. The van der Waals surface area contributed by atoms with E-state index in [2.05, 4.69) is 4.52 Å². The van der Waals surface area contributed by atoms with E-state index in [0.29, 0.717) is 0 Å². The van der Waals surface area contributed by atoms with Crippen LogP contribution in [0.3, 0.4) is 0 Å². The van der Waals surface area contributed by atoms with Crippen molar-refractivity contribution in [2.75, 3.05) is 19.9 Å². The number of aliphatic hydroxyl groups is 2. The van der Waals surface area contributed by atoms with Gasteiger partial charge in [-0.2, -0.15) is 0 Å². The van der Waals surface area contributed by atoms with Gasteiger partial charge in [0.15, 0.2) is 12.8 Å². The lowest BCUT2D eigenvalue weighted by molar-refractivity contribution is 0.0695. The SMILES string of the molecule is C[P+](=O)OC(CO)CO. The molecule has 1 atom stereocenters. The van der Waals surface area contributed by atoms with Gasteiger partial charge in [0.25, 0.3) is 0 Å². The van der Waals surface area contributed by atoms with E-state index >= 15 is 0 Å². The van der Waals surface area contributed by atoms with Crippen LogP contribution in [0.25, 0.3) is 0 Å². The molecule has 5 heteroatoms. The molecule has 9 heavy (non-hydrogen) atoms. The number of hydrogen-bond donors (Lipinski definition) is 2. The minimum atomic E-state index is -1.72. The van der Waals surface area contributed by atoms with Crippen molar-refractivity contribution in [1.82, 2.24) is 0 Å². The zero-order valence-corrected chi connectivity index (χ0v) is 6.04. The van der Waals surface area contributed by atoms with Crippen molar-refractivity contribution in [1.29, 1.82) is 0 Å². The number of aliphatic hydroxyl groups excluding tert-OH is 2. The third kappa shape index (κ3) is 4.48. The van der Waals surface area contributed by atoms with Gasteiger partial charge in [0.1, 0.15) is 0 Å². The Balaban J connectivity index is 3.43. The standard InChI is InChI=1S/C4H10O4P/c1-9(7)8-4(2-5)3-6/h4-6H,2-3H2,1H3/q+1. The Bertz CT molecular complexity index is 90.6. The topological polar surface area (TPSA) is 66.8 Å². The molecule has 4 nitrogen and oxygen atoms in total. The number of rotatable bonds is 4. The Morgan fingerprint density at radius 1 is 1.56 bits per heavy atom. The molecule has 0 spiro atoms. The third-order valence-electron chi connectivity index (χ3n) is 0.705. The van der Waals surface area contributed by atoms with Crippen molar-refractivity contribution in [2.24, 2.45) is 0 Å². The summed E-state index contributed by atoms with van der Waals surface area (Å²) in [6.45, 7) is 0.768. The highest BCUT2D eigenvalue weighted by Gasteiger charge is 2.16. The van der Waals surface area contributed by atoms with Gasteiger partial charge in [-0.05, 0) is 4.57 Å². The van der Waals surface area contributed by atoms with Crippen LogP contribution in [0.4, 0.5) is 0 Å². The molecule has 0 aliphatic rings.